The monoisotopic (exact) mass is 277 g/mol. The molecular weight excluding hydrogens is 263 g/mol. The van der Waals surface area contributed by atoms with Gasteiger partial charge in [0.15, 0.2) is 6.61 Å². The summed E-state index contributed by atoms with van der Waals surface area (Å²) in [6, 6.07) is 5.61. The predicted octanol–water partition coefficient (Wildman–Crippen LogP) is 2.60. The van der Waals surface area contributed by atoms with Crippen molar-refractivity contribution in [2.24, 2.45) is 0 Å². The third kappa shape index (κ3) is 6.66. The van der Waals surface area contributed by atoms with Crippen LogP contribution in [0.4, 0.5) is 18.9 Å². The molecule has 19 heavy (non-hydrogen) atoms. The van der Waals surface area contributed by atoms with Crippen LogP contribution in [0.1, 0.15) is 6.92 Å². The van der Waals surface area contributed by atoms with Gasteiger partial charge in [-0.2, -0.15) is 13.2 Å². The van der Waals surface area contributed by atoms with Crippen LogP contribution in [0.2, 0.25) is 0 Å². The fraction of sp³-hybridized carbons (Fsp3) is 0.417. The number of anilines is 1. The van der Waals surface area contributed by atoms with Crippen LogP contribution in [0.5, 0.6) is 5.75 Å². The Morgan fingerprint density at radius 2 is 1.89 bits per heavy atom. The Labute approximate surface area is 108 Å². The molecule has 0 aromatic heterocycles. The van der Waals surface area contributed by atoms with Crippen molar-refractivity contribution in [3.05, 3.63) is 24.3 Å². The van der Waals surface area contributed by atoms with Crippen molar-refractivity contribution in [2.75, 3.05) is 25.1 Å². The number of nitrogens with one attached hydrogen (secondary N) is 1. The number of carbonyl (C=O) groups is 1. The fourth-order valence-electron chi connectivity index (χ4n) is 1.19. The minimum absolute atomic E-state index is 0.0666. The molecule has 106 valence electrons. The number of alkyl halides is 3. The third-order valence-corrected chi connectivity index (χ3v) is 1.98. The minimum Gasteiger partial charge on any atom is -0.484 e. The molecule has 0 radical (unpaired) electrons. The van der Waals surface area contributed by atoms with Crippen LogP contribution in [0, 0.1) is 0 Å². The summed E-state index contributed by atoms with van der Waals surface area (Å²) in [5.41, 5.74) is 0.462. The van der Waals surface area contributed by atoms with Gasteiger partial charge in [0.25, 0.3) is 0 Å². The molecule has 0 aliphatic heterocycles. The molecule has 0 aliphatic rings. The summed E-state index contributed by atoms with van der Waals surface area (Å²) in [6.07, 6.45) is -4.37. The van der Waals surface area contributed by atoms with E-state index in [1.54, 1.807) is 6.92 Å². The van der Waals surface area contributed by atoms with Gasteiger partial charge < -0.3 is 14.8 Å². The molecule has 0 aliphatic carbocycles. The van der Waals surface area contributed by atoms with Crippen molar-refractivity contribution < 1.29 is 27.4 Å². The molecule has 1 aromatic rings. The Kier molecular flexibility index (Phi) is 5.62. The first-order chi connectivity index (χ1) is 8.90. The number of benzene rings is 1. The molecule has 0 atom stereocenters. The number of carbonyl (C=O) groups excluding carboxylic acids is 1. The molecule has 1 N–H and O–H groups in total. The summed E-state index contributed by atoms with van der Waals surface area (Å²) >= 11 is 0. The molecular formula is C12H14F3NO3. The standard InChI is InChI=1S/C12H14F3NO3/c1-2-18-7-11(17)16-9-3-5-10(6-4-9)19-8-12(13,14)15/h3-6H,2,7-8H2,1H3,(H,16,17). The summed E-state index contributed by atoms with van der Waals surface area (Å²) in [6.45, 7) is 0.781. The summed E-state index contributed by atoms with van der Waals surface area (Å²) in [5.74, 6) is -0.244. The highest BCUT2D eigenvalue weighted by Crippen LogP contribution is 2.20. The lowest BCUT2D eigenvalue weighted by atomic mass is 10.3. The van der Waals surface area contributed by atoms with E-state index >= 15 is 0 Å². The van der Waals surface area contributed by atoms with E-state index in [0.29, 0.717) is 12.3 Å². The normalized spacial score (nSPS) is 11.2. The number of hydrogen-bond acceptors (Lipinski definition) is 3. The van der Waals surface area contributed by atoms with Gasteiger partial charge in [0.2, 0.25) is 5.91 Å². The van der Waals surface area contributed by atoms with Gasteiger partial charge in [-0.15, -0.1) is 0 Å². The SMILES string of the molecule is CCOCC(=O)Nc1ccc(OCC(F)(F)F)cc1. The van der Waals surface area contributed by atoms with Crippen molar-refractivity contribution in [1.29, 1.82) is 0 Å². The van der Waals surface area contributed by atoms with Gasteiger partial charge in [0.1, 0.15) is 12.4 Å². The maximum atomic E-state index is 11.9. The maximum absolute atomic E-state index is 11.9. The molecule has 0 saturated carbocycles. The number of amides is 1. The fourth-order valence-corrected chi connectivity index (χ4v) is 1.19. The number of halogens is 3. The lowest BCUT2D eigenvalue weighted by Gasteiger charge is -2.10. The molecule has 7 heteroatoms. The second-order valence-corrected chi connectivity index (χ2v) is 3.61. The summed E-state index contributed by atoms with van der Waals surface area (Å²) in [7, 11) is 0. The van der Waals surface area contributed by atoms with E-state index in [1.165, 1.54) is 24.3 Å². The average Bonchev–Trinajstić information content (AvgIpc) is 2.34. The highest BCUT2D eigenvalue weighted by atomic mass is 19.4. The van der Waals surface area contributed by atoms with Crippen LogP contribution in [0.15, 0.2) is 24.3 Å². The zero-order chi connectivity index (χ0) is 14.3. The third-order valence-electron chi connectivity index (χ3n) is 1.98. The first kappa shape index (κ1) is 15.3. The van der Waals surface area contributed by atoms with Gasteiger partial charge >= 0.3 is 6.18 Å². The summed E-state index contributed by atoms with van der Waals surface area (Å²) in [4.78, 5) is 11.3. The van der Waals surface area contributed by atoms with E-state index in [2.05, 4.69) is 10.1 Å². The number of rotatable bonds is 6. The zero-order valence-corrected chi connectivity index (χ0v) is 10.3. The quantitative estimate of drug-likeness (QED) is 0.869. The van der Waals surface area contributed by atoms with E-state index in [0.717, 1.165) is 0 Å². The van der Waals surface area contributed by atoms with Crippen LogP contribution < -0.4 is 10.1 Å². The van der Waals surface area contributed by atoms with Gasteiger partial charge in [-0.25, -0.2) is 0 Å². The zero-order valence-electron chi connectivity index (χ0n) is 10.3. The maximum Gasteiger partial charge on any atom is 0.422 e. The molecule has 0 heterocycles. The van der Waals surface area contributed by atoms with Gasteiger partial charge in [-0.1, -0.05) is 0 Å². The number of ether oxygens (including phenoxy) is 2. The van der Waals surface area contributed by atoms with Gasteiger partial charge in [0, 0.05) is 12.3 Å². The van der Waals surface area contributed by atoms with Crippen molar-refractivity contribution >= 4 is 11.6 Å². The average molecular weight is 277 g/mol. The lowest BCUT2D eigenvalue weighted by molar-refractivity contribution is -0.153. The summed E-state index contributed by atoms with van der Waals surface area (Å²) < 4.78 is 45.2. The Hall–Kier alpha value is -1.76. The molecule has 1 aromatic carbocycles. The number of hydrogen-bond donors (Lipinski definition) is 1. The topological polar surface area (TPSA) is 47.6 Å². The van der Waals surface area contributed by atoms with Crippen molar-refractivity contribution in [3.8, 4) is 5.75 Å². The molecule has 0 fully saturated rings. The van der Waals surface area contributed by atoms with Crippen LogP contribution >= 0.6 is 0 Å². The second-order valence-electron chi connectivity index (χ2n) is 3.61. The Balaban J connectivity index is 2.45. The second kappa shape index (κ2) is 6.98. The molecule has 1 rings (SSSR count). The molecule has 0 unspecified atom stereocenters. The minimum atomic E-state index is -4.37. The van der Waals surface area contributed by atoms with E-state index in [9.17, 15) is 18.0 Å². The smallest absolute Gasteiger partial charge is 0.422 e. The van der Waals surface area contributed by atoms with Crippen LogP contribution in [-0.4, -0.2) is 31.9 Å². The van der Waals surface area contributed by atoms with Crippen LogP contribution in [-0.2, 0) is 9.53 Å². The van der Waals surface area contributed by atoms with Gasteiger partial charge in [-0.05, 0) is 31.2 Å². The van der Waals surface area contributed by atoms with Gasteiger partial charge in [-0.3, -0.25) is 4.79 Å². The molecule has 0 spiro atoms. The predicted molar refractivity (Wildman–Crippen MR) is 63.1 cm³/mol. The lowest BCUT2D eigenvalue weighted by Crippen LogP contribution is -2.19. The highest BCUT2D eigenvalue weighted by Gasteiger charge is 2.28. The first-order valence-corrected chi connectivity index (χ1v) is 5.58. The molecule has 1 amide bonds. The Morgan fingerprint density at radius 1 is 1.26 bits per heavy atom. The van der Waals surface area contributed by atoms with Gasteiger partial charge in [0.05, 0.1) is 0 Å². The van der Waals surface area contributed by atoms with Crippen LogP contribution in [0.25, 0.3) is 0 Å². The van der Waals surface area contributed by atoms with Crippen molar-refractivity contribution in [2.45, 2.75) is 13.1 Å². The molecule has 0 bridgehead atoms. The Bertz CT molecular complexity index is 404. The van der Waals surface area contributed by atoms with Crippen molar-refractivity contribution in [1.82, 2.24) is 0 Å². The van der Waals surface area contributed by atoms with Crippen molar-refractivity contribution in [3.63, 3.8) is 0 Å². The first-order valence-electron chi connectivity index (χ1n) is 5.58. The van der Waals surface area contributed by atoms with Crippen LogP contribution in [0.3, 0.4) is 0 Å². The highest BCUT2D eigenvalue weighted by molar-refractivity contribution is 5.91. The summed E-state index contributed by atoms with van der Waals surface area (Å²) in [5, 5.41) is 2.53. The van der Waals surface area contributed by atoms with E-state index in [4.69, 9.17) is 4.74 Å². The Morgan fingerprint density at radius 3 is 2.42 bits per heavy atom. The van der Waals surface area contributed by atoms with E-state index in [-0.39, 0.29) is 18.3 Å². The molecule has 0 saturated heterocycles. The van der Waals surface area contributed by atoms with E-state index < -0.39 is 12.8 Å². The van der Waals surface area contributed by atoms with E-state index in [1.807, 2.05) is 0 Å². The molecule has 4 nitrogen and oxygen atoms in total. The largest absolute Gasteiger partial charge is 0.484 e.